The summed E-state index contributed by atoms with van der Waals surface area (Å²) in [6.45, 7) is 5.27. The number of benzene rings is 1. The Kier molecular flexibility index (Phi) is 7.46. The summed E-state index contributed by atoms with van der Waals surface area (Å²) in [4.78, 5) is 11.6. The summed E-state index contributed by atoms with van der Waals surface area (Å²) in [5, 5.41) is 2.63. The van der Waals surface area contributed by atoms with Crippen LogP contribution in [0.2, 0.25) is 0 Å². The van der Waals surface area contributed by atoms with Crippen molar-refractivity contribution in [1.29, 1.82) is 0 Å². The van der Waals surface area contributed by atoms with E-state index < -0.39 is 16.1 Å². The van der Waals surface area contributed by atoms with Gasteiger partial charge in [0.15, 0.2) is 0 Å². The topological polar surface area (TPSA) is 75.7 Å². The highest BCUT2D eigenvalue weighted by Crippen LogP contribution is 2.20. The zero-order valence-electron chi connectivity index (χ0n) is 14.4. The van der Waals surface area contributed by atoms with Crippen molar-refractivity contribution in [2.45, 2.75) is 37.0 Å². The molecule has 0 saturated carbocycles. The third-order valence-electron chi connectivity index (χ3n) is 4.14. The van der Waals surface area contributed by atoms with E-state index in [4.69, 9.17) is 4.74 Å². The number of sulfonamides is 1. The molecule has 0 bridgehead atoms. The van der Waals surface area contributed by atoms with Crippen molar-refractivity contribution in [3.63, 3.8) is 0 Å². The lowest BCUT2D eigenvalue weighted by molar-refractivity contribution is 0.158. The summed E-state index contributed by atoms with van der Waals surface area (Å²) in [5.41, 5.74) is 0.957. The van der Waals surface area contributed by atoms with Crippen LogP contribution in [-0.2, 0) is 21.2 Å². The fourth-order valence-corrected chi connectivity index (χ4v) is 4.27. The first-order valence-corrected chi connectivity index (χ1v) is 10.1. The molecule has 1 fully saturated rings. The Morgan fingerprint density at radius 1 is 1.16 bits per heavy atom. The van der Waals surface area contributed by atoms with Crippen LogP contribution < -0.4 is 5.32 Å². The summed E-state index contributed by atoms with van der Waals surface area (Å²) in [7, 11) is -3.41. The standard InChI is InChI=1S/C18H26N2O4S/c1-2-15-24-18(21)19-12-11-16-7-9-17(10-8-16)25(22,23)20-13-5-3-4-6-14-20/h2,7-10H,1,3-6,11-15H2,(H,19,21). The molecule has 1 aliphatic rings. The lowest BCUT2D eigenvalue weighted by atomic mass is 10.1. The van der Waals surface area contributed by atoms with Crippen molar-refractivity contribution in [3.05, 3.63) is 42.5 Å². The summed E-state index contributed by atoms with van der Waals surface area (Å²) >= 11 is 0. The molecule has 2 rings (SSSR count). The van der Waals surface area contributed by atoms with Gasteiger partial charge in [-0.3, -0.25) is 0 Å². The van der Waals surface area contributed by atoms with Gasteiger partial charge in [0.1, 0.15) is 6.61 Å². The van der Waals surface area contributed by atoms with Gasteiger partial charge < -0.3 is 10.1 Å². The van der Waals surface area contributed by atoms with E-state index in [0.29, 0.717) is 31.0 Å². The molecule has 1 saturated heterocycles. The largest absolute Gasteiger partial charge is 0.445 e. The molecule has 0 radical (unpaired) electrons. The lowest BCUT2D eigenvalue weighted by Crippen LogP contribution is -2.31. The fourth-order valence-electron chi connectivity index (χ4n) is 2.75. The molecule has 25 heavy (non-hydrogen) atoms. The van der Waals surface area contributed by atoms with Crippen molar-refractivity contribution < 1.29 is 17.9 Å². The zero-order chi connectivity index (χ0) is 18.1. The third-order valence-corrected chi connectivity index (χ3v) is 6.05. The number of hydrogen-bond donors (Lipinski definition) is 1. The van der Waals surface area contributed by atoms with E-state index in [1.165, 1.54) is 6.08 Å². The molecule has 0 aromatic heterocycles. The van der Waals surface area contributed by atoms with Gasteiger partial charge in [0.2, 0.25) is 10.0 Å². The van der Waals surface area contributed by atoms with E-state index in [9.17, 15) is 13.2 Å². The quantitative estimate of drug-likeness (QED) is 0.753. The molecule has 7 heteroatoms. The first kappa shape index (κ1) is 19.5. The SMILES string of the molecule is C=CCOC(=O)NCCc1ccc(S(=O)(=O)N2CCCCCC2)cc1. The summed E-state index contributed by atoms with van der Waals surface area (Å²) < 4.78 is 31.8. The van der Waals surface area contributed by atoms with Crippen molar-refractivity contribution >= 4 is 16.1 Å². The molecular weight excluding hydrogens is 340 g/mol. The van der Waals surface area contributed by atoms with Gasteiger partial charge in [0.25, 0.3) is 0 Å². The Labute approximate surface area is 149 Å². The van der Waals surface area contributed by atoms with Gasteiger partial charge in [-0.15, -0.1) is 0 Å². The van der Waals surface area contributed by atoms with Crippen LogP contribution in [0.1, 0.15) is 31.2 Å². The minimum atomic E-state index is -3.41. The third kappa shape index (κ3) is 5.86. The predicted molar refractivity (Wildman–Crippen MR) is 96.9 cm³/mol. The molecule has 1 N–H and O–H groups in total. The Bertz CT molecular complexity index is 663. The van der Waals surface area contributed by atoms with E-state index in [0.717, 1.165) is 31.2 Å². The number of carbonyl (C=O) groups excluding carboxylic acids is 1. The van der Waals surface area contributed by atoms with Gasteiger partial charge >= 0.3 is 6.09 Å². The van der Waals surface area contributed by atoms with Crippen molar-refractivity contribution in [1.82, 2.24) is 9.62 Å². The van der Waals surface area contributed by atoms with E-state index >= 15 is 0 Å². The molecule has 1 heterocycles. The van der Waals surface area contributed by atoms with Crippen LogP contribution in [0.3, 0.4) is 0 Å². The molecule has 1 amide bonds. The molecular formula is C18H26N2O4S. The summed E-state index contributed by atoms with van der Waals surface area (Å²) in [6, 6.07) is 6.88. The van der Waals surface area contributed by atoms with Crippen LogP contribution in [0, 0.1) is 0 Å². The Balaban J connectivity index is 1.90. The van der Waals surface area contributed by atoms with Gasteiger partial charge in [-0.2, -0.15) is 4.31 Å². The van der Waals surface area contributed by atoms with Gasteiger partial charge in [0.05, 0.1) is 4.90 Å². The number of rotatable bonds is 7. The molecule has 0 aliphatic carbocycles. The second-order valence-electron chi connectivity index (χ2n) is 6.03. The van der Waals surface area contributed by atoms with E-state index in [-0.39, 0.29) is 6.61 Å². The molecule has 0 spiro atoms. The average Bonchev–Trinajstić information content (AvgIpc) is 2.90. The van der Waals surface area contributed by atoms with Crippen LogP contribution in [0.5, 0.6) is 0 Å². The summed E-state index contributed by atoms with van der Waals surface area (Å²) in [5.74, 6) is 0. The molecule has 0 atom stereocenters. The minimum absolute atomic E-state index is 0.175. The zero-order valence-corrected chi connectivity index (χ0v) is 15.3. The van der Waals surface area contributed by atoms with Crippen LogP contribution >= 0.6 is 0 Å². The number of nitrogens with zero attached hydrogens (tertiary/aromatic N) is 1. The Morgan fingerprint density at radius 3 is 2.40 bits per heavy atom. The maximum absolute atomic E-state index is 12.7. The highest BCUT2D eigenvalue weighted by molar-refractivity contribution is 7.89. The number of carbonyl (C=O) groups is 1. The number of hydrogen-bond acceptors (Lipinski definition) is 4. The number of amides is 1. The molecule has 6 nitrogen and oxygen atoms in total. The van der Waals surface area contributed by atoms with Crippen LogP contribution in [0.25, 0.3) is 0 Å². The Hall–Kier alpha value is -1.86. The van der Waals surface area contributed by atoms with Crippen molar-refractivity contribution in [3.8, 4) is 0 Å². The van der Waals surface area contributed by atoms with Gasteiger partial charge in [-0.25, -0.2) is 13.2 Å². The molecule has 1 aromatic rings. The van der Waals surface area contributed by atoms with Crippen molar-refractivity contribution in [2.75, 3.05) is 26.2 Å². The van der Waals surface area contributed by atoms with E-state index in [1.54, 1.807) is 28.6 Å². The molecule has 0 unspecified atom stereocenters. The van der Waals surface area contributed by atoms with Crippen molar-refractivity contribution in [2.24, 2.45) is 0 Å². The fraction of sp³-hybridized carbons (Fsp3) is 0.500. The predicted octanol–water partition coefficient (Wildman–Crippen LogP) is 2.71. The van der Waals surface area contributed by atoms with Crippen LogP contribution in [0.15, 0.2) is 41.8 Å². The highest BCUT2D eigenvalue weighted by atomic mass is 32.2. The van der Waals surface area contributed by atoms with E-state index in [2.05, 4.69) is 11.9 Å². The lowest BCUT2D eigenvalue weighted by Gasteiger charge is -2.20. The van der Waals surface area contributed by atoms with Gasteiger partial charge in [0, 0.05) is 19.6 Å². The molecule has 138 valence electrons. The normalized spacial score (nSPS) is 16.0. The number of nitrogens with one attached hydrogen (secondary N) is 1. The second-order valence-corrected chi connectivity index (χ2v) is 7.96. The Morgan fingerprint density at radius 2 is 1.80 bits per heavy atom. The average molecular weight is 366 g/mol. The first-order valence-electron chi connectivity index (χ1n) is 8.64. The monoisotopic (exact) mass is 366 g/mol. The molecule has 1 aliphatic heterocycles. The molecule has 1 aromatic carbocycles. The van der Waals surface area contributed by atoms with Crippen LogP contribution in [0.4, 0.5) is 4.79 Å². The minimum Gasteiger partial charge on any atom is -0.445 e. The second kappa shape index (κ2) is 9.58. The van der Waals surface area contributed by atoms with Crippen LogP contribution in [-0.4, -0.2) is 45.1 Å². The number of alkyl carbamates (subject to hydrolysis) is 1. The van der Waals surface area contributed by atoms with Gasteiger partial charge in [-0.05, 0) is 37.0 Å². The van der Waals surface area contributed by atoms with Gasteiger partial charge in [-0.1, -0.05) is 37.6 Å². The first-order chi connectivity index (χ1) is 12.0. The highest BCUT2D eigenvalue weighted by Gasteiger charge is 2.24. The maximum Gasteiger partial charge on any atom is 0.407 e. The number of ether oxygens (including phenoxy) is 1. The smallest absolute Gasteiger partial charge is 0.407 e. The summed E-state index contributed by atoms with van der Waals surface area (Å²) in [6.07, 6.45) is 5.65. The van der Waals surface area contributed by atoms with E-state index in [1.807, 2.05) is 0 Å². The maximum atomic E-state index is 12.7.